The summed E-state index contributed by atoms with van der Waals surface area (Å²) in [6.45, 7) is 9.58. The lowest BCUT2D eigenvalue weighted by atomic mass is 10.00. The Morgan fingerprint density at radius 3 is 1.90 bits per heavy atom. The van der Waals surface area contributed by atoms with Crippen LogP contribution in [0.1, 0.15) is 40.1 Å². The van der Waals surface area contributed by atoms with Crippen molar-refractivity contribution in [1.82, 2.24) is 9.21 Å². The number of carbonyl (C=O) groups is 2. The molecule has 0 bridgehead atoms. The van der Waals surface area contributed by atoms with Crippen LogP contribution >= 0.6 is 0 Å². The zero-order valence-corrected chi connectivity index (χ0v) is 30.1. The molecule has 6 rings (SSSR count). The molecular weight excluding hydrogens is 667 g/mol. The van der Waals surface area contributed by atoms with E-state index in [1.165, 1.54) is 0 Å². The zero-order chi connectivity index (χ0) is 36.0. The van der Waals surface area contributed by atoms with Crippen LogP contribution in [0.4, 0.5) is 17.1 Å². The number of rotatable bonds is 11. The Morgan fingerprint density at radius 1 is 0.745 bits per heavy atom. The molecular formula is C39H45N5O6S. The molecule has 268 valence electrons. The second-order valence-electron chi connectivity index (χ2n) is 13.0. The Bertz CT molecular complexity index is 1920. The van der Waals surface area contributed by atoms with Crippen molar-refractivity contribution in [3.63, 3.8) is 0 Å². The summed E-state index contributed by atoms with van der Waals surface area (Å²) in [7, 11) is -1.65. The van der Waals surface area contributed by atoms with E-state index in [1.807, 2.05) is 60.7 Å². The van der Waals surface area contributed by atoms with Crippen LogP contribution in [-0.4, -0.2) is 94.3 Å². The summed E-state index contributed by atoms with van der Waals surface area (Å²) in [6.07, 6.45) is 0. The molecule has 2 heterocycles. The summed E-state index contributed by atoms with van der Waals surface area (Å²) < 4.78 is 37.6. The van der Waals surface area contributed by atoms with Gasteiger partial charge in [-0.15, -0.1) is 0 Å². The van der Waals surface area contributed by atoms with Gasteiger partial charge in [0.05, 0.1) is 25.6 Å². The topological polar surface area (TPSA) is 121 Å². The summed E-state index contributed by atoms with van der Waals surface area (Å²) in [5.74, 6) is 0.136. The van der Waals surface area contributed by atoms with E-state index in [1.54, 1.807) is 55.6 Å². The minimum atomic E-state index is -3.23. The van der Waals surface area contributed by atoms with Crippen molar-refractivity contribution in [3.05, 3.63) is 108 Å². The number of methoxy groups -OCH3 is 1. The van der Waals surface area contributed by atoms with Crippen molar-refractivity contribution in [3.8, 4) is 16.9 Å². The van der Waals surface area contributed by atoms with E-state index >= 15 is 0 Å². The quantitative estimate of drug-likeness (QED) is 0.208. The minimum absolute atomic E-state index is 0.236. The summed E-state index contributed by atoms with van der Waals surface area (Å²) >= 11 is 0. The van der Waals surface area contributed by atoms with Gasteiger partial charge in [0.25, 0.3) is 11.8 Å². The number of hydrogen-bond donors (Lipinski definition) is 2. The fourth-order valence-electron chi connectivity index (χ4n) is 6.25. The van der Waals surface area contributed by atoms with Gasteiger partial charge in [0.15, 0.2) is 0 Å². The third kappa shape index (κ3) is 8.77. The number of amides is 2. The molecule has 2 amide bonds. The lowest BCUT2D eigenvalue weighted by Gasteiger charge is -2.34. The van der Waals surface area contributed by atoms with Gasteiger partial charge >= 0.3 is 0 Å². The molecule has 0 aromatic heterocycles. The molecule has 0 saturated carbocycles. The molecule has 0 atom stereocenters. The third-order valence-corrected chi connectivity index (χ3v) is 11.6. The summed E-state index contributed by atoms with van der Waals surface area (Å²) in [5.41, 5.74) is 6.08. The standard InChI is InChI=1S/C39H45N5O6S/c1-28(2)51(47,48)44-20-18-42(19-21-44)27-29-4-11-33(12-5-29)40-38(45)31-8-6-30(7-9-31)36-26-32(10-17-37(36)49-3)39(46)41-34-13-15-35(16-14-34)43-22-24-50-25-23-43/h4-17,26,28H,18-25,27H2,1-3H3,(H,40,45)(H,41,46). The third-order valence-electron chi connectivity index (χ3n) is 9.33. The molecule has 2 N–H and O–H groups in total. The van der Waals surface area contributed by atoms with Gasteiger partial charge in [-0.05, 0) is 91.7 Å². The predicted molar refractivity (Wildman–Crippen MR) is 201 cm³/mol. The summed E-state index contributed by atoms with van der Waals surface area (Å²) in [4.78, 5) is 30.8. The van der Waals surface area contributed by atoms with Crippen LogP contribution in [0.25, 0.3) is 11.1 Å². The highest BCUT2D eigenvalue weighted by molar-refractivity contribution is 7.89. The number of sulfonamides is 1. The first-order valence-electron chi connectivity index (χ1n) is 17.2. The van der Waals surface area contributed by atoms with Gasteiger partial charge in [-0.1, -0.05) is 24.3 Å². The highest BCUT2D eigenvalue weighted by Gasteiger charge is 2.29. The molecule has 51 heavy (non-hydrogen) atoms. The molecule has 2 fully saturated rings. The molecule has 0 aliphatic carbocycles. The molecule has 11 nitrogen and oxygen atoms in total. The SMILES string of the molecule is COc1ccc(C(=O)Nc2ccc(N3CCOCC3)cc2)cc1-c1ccc(C(=O)Nc2ccc(CN3CCN(S(=O)(=O)C(C)C)CC3)cc2)cc1. The second kappa shape index (κ2) is 16.1. The Morgan fingerprint density at radius 2 is 1.31 bits per heavy atom. The van der Waals surface area contributed by atoms with E-state index in [2.05, 4.69) is 20.4 Å². The highest BCUT2D eigenvalue weighted by Crippen LogP contribution is 2.32. The van der Waals surface area contributed by atoms with Gasteiger partial charge in [-0.2, -0.15) is 4.31 Å². The van der Waals surface area contributed by atoms with E-state index in [0.29, 0.717) is 74.2 Å². The number of carbonyl (C=O) groups excluding carboxylic acids is 2. The number of benzene rings is 4. The van der Waals surface area contributed by atoms with Gasteiger partial charge in [-0.25, -0.2) is 8.42 Å². The molecule has 0 unspecified atom stereocenters. The maximum Gasteiger partial charge on any atom is 0.255 e. The van der Waals surface area contributed by atoms with Crippen molar-refractivity contribution >= 4 is 38.9 Å². The number of nitrogens with one attached hydrogen (secondary N) is 2. The molecule has 0 spiro atoms. The van der Waals surface area contributed by atoms with Crippen molar-refractivity contribution in [1.29, 1.82) is 0 Å². The number of nitrogens with zero attached hydrogens (tertiary/aromatic N) is 3. The van der Waals surface area contributed by atoms with Crippen LogP contribution in [0.2, 0.25) is 0 Å². The number of ether oxygens (including phenoxy) is 2. The number of anilines is 3. The van der Waals surface area contributed by atoms with Crippen LogP contribution in [0, 0.1) is 0 Å². The van der Waals surface area contributed by atoms with Gasteiger partial charge < -0.3 is 25.0 Å². The number of morpholine rings is 1. The zero-order valence-electron chi connectivity index (χ0n) is 29.3. The van der Waals surface area contributed by atoms with Crippen LogP contribution in [-0.2, 0) is 21.3 Å². The first kappa shape index (κ1) is 36.1. The van der Waals surface area contributed by atoms with E-state index in [0.717, 1.165) is 35.5 Å². The maximum atomic E-state index is 13.2. The fourth-order valence-corrected chi connectivity index (χ4v) is 7.52. The Kier molecular flexibility index (Phi) is 11.4. The first-order valence-corrected chi connectivity index (χ1v) is 18.8. The van der Waals surface area contributed by atoms with Crippen molar-refractivity contribution in [2.75, 3.05) is 75.1 Å². The lowest BCUT2D eigenvalue weighted by Crippen LogP contribution is -2.49. The largest absolute Gasteiger partial charge is 0.496 e. The molecule has 12 heteroatoms. The van der Waals surface area contributed by atoms with E-state index in [-0.39, 0.29) is 11.8 Å². The van der Waals surface area contributed by atoms with Gasteiger partial charge in [0.2, 0.25) is 10.0 Å². The molecule has 4 aromatic rings. The average molecular weight is 712 g/mol. The summed E-state index contributed by atoms with van der Waals surface area (Å²) in [5, 5.41) is 5.53. The van der Waals surface area contributed by atoms with Gasteiger partial charge in [0.1, 0.15) is 5.75 Å². The minimum Gasteiger partial charge on any atom is -0.496 e. The summed E-state index contributed by atoms with van der Waals surface area (Å²) in [6, 6.07) is 28.0. The molecule has 2 aliphatic rings. The van der Waals surface area contributed by atoms with Crippen LogP contribution in [0.15, 0.2) is 91.0 Å². The van der Waals surface area contributed by atoms with Crippen molar-refractivity contribution < 1.29 is 27.5 Å². The molecule has 4 aromatic carbocycles. The Hall–Kier alpha value is -4.75. The number of piperazine rings is 1. The monoisotopic (exact) mass is 711 g/mol. The molecule has 2 aliphatic heterocycles. The van der Waals surface area contributed by atoms with Crippen LogP contribution in [0.5, 0.6) is 5.75 Å². The molecule has 2 saturated heterocycles. The van der Waals surface area contributed by atoms with Gasteiger partial charge in [0, 0.05) is 79.6 Å². The Labute approximate surface area is 300 Å². The average Bonchev–Trinajstić information content (AvgIpc) is 3.16. The van der Waals surface area contributed by atoms with E-state index < -0.39 is 15.3 Å². The predicted octanol–water partition coefficient (Wildman–Crippen LogP) is 5.56. The molecule has 0 radical (unpaired) electrons. The van der Waals surface area contributed by atoms with E-state index in [4.69, 9.17) is 9.47 Å². The van der Waals surface area contributed by atoms with Crippen LogP contribution in [0.3, 0.4) is 0 Å². The first-order chi connectivity index (χ1) is 24.6. The van der Waals surface area contributed by atoms with Crippen LogP contribution < -0.4 is 20.3 Å². The maximum absolute atomic E-state index is 13.2. The fraction of sp³-hybridized carbons (Fsp3) is 0.333. The van der Waals surface area contributed by atoms with Crippen molar-refractivity contribution in [2.24, 2.45) is 0 Å². The highest BCUT2D eigenvalue weighted by atomic mass is 32.2. The van der Waals surface area contributed by atoms with E-state index in [9.17, 15) is 18.0 Å². The normalized spacial score (nSPS) is 15.8. The number of hydrogen-bond acceptors (Lipinski definition) is 8. The Balaban J connectivity index is 1.04. The lowest BCUT2D eigenvalue weighted by molar-refractivity contribution is 0.101. The van der Waals surface area contributed by atoms with Gasteiger partial charge in [-0.3, -0.25) is 14.5 Å². The second-order valence-corrected chi connectivity index (χ2v) is 15.5. The smallest absolute Gasteiger partial charge is 0.255 e. The van der Waals surface area contributed by atoms with Crippen molar-refractivity contribution in [2.45, 2.75) is 25.6 Å².